The van der Waals surface area contributed by atoms with Crippen molar-refractivity contribution in [3.63, 3.8) is 0 Å². The van der Waals surface area contributed by atoms with Crippen molar-refractivity contribution in [2.24, 2.45) is 5.92 Å². The lowest BCUT2D eigenvalue weighted by atomic mass is 9.96. The molecule has 1 aromatic heterocycles. The van der Waals surface area contributed by atoms with Crippen molar-refractivity contribution in [1.82, 2.24) is 14.8 Å². The van der Waals surface area contributed by atoms with E-state index in [1.807, 2.05) is 18.3 Å². The van der Waals surface area contributed by atoms with Crippen LogP contribution in [0.1, 0.15) is 19.8 Å². The summed E-state index contributed by atoms with van der Waals surface area (Å²) in [6.07, 6.45) is 4.17. The van der Waals surface area contributed by atoms with E-state index in [0.29, 0.717) is 5.92 Å². The minimum atomic E-state index is -0.709. The fourth-order valence-corrected chi connectivity index (χ4v) is 3.82. The largest absolute Gasteiger partial charge is 0.480 e. The molecule has 0 unspecified atom stereocenters. The fraction of sp³-hybridized carbons (Fsp3) is 0.667. The number of hydrogen-bond donors (Lipinski definition) is 1. The maximum absolute atomic E-state index is 11.2. The maximum Gasteiger partial charge on any atom is 0.320 e. The predicted octanol–water partition coefficient (Wildman–Crippen LogP) is 1.39. The summed E-state index contributed by atoms with van der Waals surface area (Å²) in [5.41, 5.74) is 0. The quantitative estimate of drug-likeness (QED) is 0.879. The lowest BCUT2D eigenvalue weighted by molar-refractivity contribution is -0.143. The van der Waals surface area contributed by atoms with E-state index < -0.39 is 5.97 Å². The van der Waals surface area contributed by atoms with Crippen molar-refractivity contribution in [1.29, 1.82) is 0 Å². The molecule has 0 aliphatic carbocycles. The van der Waals surface area contributed by atoms with E-state index in [9.17, 15) is 9.90 Å². The molecule has 0 spiro atoms. The Balaban J connectivity index is 1.46. The first-order chi connectivity index (χ1) is 11.6. The second-order valence-electron chi connectivity index (χ2n) is 6.99. The monoisotopic (exact) mass is 332 g/mol. The van der Waals surface area contributed by atoms with Gasteiger partial charge in [-0.2, -0.15) is 0 Å². The Bertz CT molecular complexity index is 531. The predicted molar refractivity (Wildman–Crippen MR) is 94.3 cm³/mol. The van der Waals surface area contributed by atoms with Gasteiger partial charge in [0.05, 0.1) is 0 Å². The van der Waals surface area contributed by atoms with E-state index in [1.165, 1.54) is 6.42 Å². The highest BCUT2D eigenvalue weighted by atomic mass is 16.4. The first-order valence-corrected chi connectivity index (χ1v) is 8.98. The van der Waals surface area contributed by atoms with Gasteiger partial charge in [-0.3, -0.25) is 14.6 Å². The molecule has 6 heteroatoms. The summed E-state index contributed by atoms with van der Waals surface area (Å²) in [5, 5.41) is 9.22. The number of piperazine rings is 1. The molecular weight excluding hydrogens is 304 g/mol. The number of piperidine rings is 1. The van der Waals surface area contributed by atoms with Crippen LogP contribution in [0.25, 0.3) is 0 Å². The number of anilines is 1. The topological polar surface area (TPSA) is 59.9 Å². The molecule has 24 heavy (non-hydrogen) atoms. The Hall–Kier alpha value is -1.66. The number of carbonyl (C=O) groups is 1. The van der Waals surface area contributed by atoms with E-state index in [-0.39, 0.29) is 6.04 Å². The number of pyridine rings is 1. The van der Waals surface area contributed by atoms with Crippen molar-refractivity contribution in [3.8, 4) is 0 Å². The molecule has 3 rings (SSSR count). The van der Waals surface area contributed by atoms with Crippen LogP contribution in [0.4, 0.5) is 5.82 Å². The van der Waals surface area contributed by atoms with E-state index in [2.05, 4.69) is 25.8 Å². The van der Waals surface area contributed by atoms with Crippen LogP contribution < -0.4 is 4.90 Å². The van der Waals surface area contributed by atoms with Gasteiger partial charge in [-0.15, -0.1) is 0 Å². The molecule has 132 valence electrons. The molecule has 2 fully saturated rings. The van der Waals surface area contributed by atoms with Gasteiger partial charge < -0.3 is 10.0 Å². The van der Waals surface area contributed by atoms with Crippen LogP contribution in [0.2, 0.25) is 0 Å². The number of likely N-dealkylation sites (tertiary alicyclic amines) is 1. The normalized spacial score (nSPS) is 24.7. The molecule has 0 saturated carbocycles. The van der Waals surface area contributed by atoms with Crippen LogP contribution in [0.5, 0.6) is 0 Å². The van der Waals surface area contributed by atoms with Gasteiger partial charge in [0, 0.05) is 45.5 Å². The Morgan fingerprint density at radius 2 is 2.08 bits per heavy atom. The molecule has 0 amide bonds. The molecule has 2 aliphatic rings. The van der Waals surface area contributed by atoms with E-state index in [0.717, 1.165) is 58.1 Å². The summed E-state index contributed by atoms with van der Waals surface area (Å²) < 4.78 is 0. The van der Waals surface area contributed by atoms with Crippen molar-refractivity contribution >= 4 is 11.8 Å². The van der Waals surface area contributed by atoms with Gasteiger partial charge in [0.1, 0.15) is 11.9 Å². The molecule has 6 nitrogen and oxygen atoms in total. The first kappa shape index (κ1) is 17.2. The van der Waals surface area contributed by atoms with Crippen molar-refractivity contribution < 1.29 is 9.90 Å². The smallest absolute Gasteiger partial charge is 0.320 e. The van der Waals surface area contributed by atoms with Crippen LogP contribution in [0.15, 0.2) is 24.4 Å². The van der Waals surface area contributed by atoms with Gasteiger partial charge in [0.2, 0.25) is 0 Å². The molecule has 0 bridgehead atoms. The zero-order valence-corrected chi connectivity index (χ0v) is 14.5. The SMILES string of the molecule is C[C@@H](C(=O)O)N1CCC[C@H](CN2CCN(c3ccccn3)CC2)C1. The first-order valence-electron chi connectivity index (χ1n) is 8.98. The summed E-state index contributed by atoms with van der Waals surface area (Å²) in [6, 6.07) is 5.69. The molecular formula is C18H28N4O2. The van der Waals surface area contributed by atoms with Crippen molar-refractivity contribution in [2.45, 2.75) is 25.8 Å². The zero-order valence-electron chi connectivity index (χ0n) is 14.5. The van der Waals surface area contributed by atoms with Crippen LogP contribution in [0, 0.1) is 5.92 Å². The van der Waals surface area contributed by atoms with E-state index >= 15 is 0 Å². The van der Waals surface area contributed by atoms with Gasteiger partial charge in [0.25, 0.3) is 0 Å². The molecule has 1 N–H and O–H groups in total. The number of carboxylic acids is 1. The molecule has 2 aliphatic heterocycles. The average molecular weight is 332 g/mol. The second kappa shape index (κ2) is 7.94. The van der Waals surface area contributed by atoms with Crippen LogP contribution in [-0.2, 0) is 4.79 Å². The highest BCUT2D eigenvalue weighted by Crippen LogP contribution is 2.21. The van der Waals surface area contributed by atoms with Crippen LogP contribution in [-0.4, -0.2) is 77.7 Å². The highest BCUT2D eigenvalue weighted by molar-refractivity contribution is 5.72. The van der Waals surface area contributed by atoms with Gasteiger partial charge in [-0.1, -0.05) is 6.07 Å². The van der Waals surface area contributed by atoms with Gasteiger partial charge in [-0.25, -0.2) is 4.98 Å². The van der Waals surface area contributed by atoms with Crippen molar-refractivity contribution in [3.05, 3.63) is 24.4 Å². The third kappa shape index (κ3) is 4.24. The Kier molecular flexibility index (Phi) is 5.68. The highest BCUT2D eigenvalue weighted by Gasteiger charge is 2.29. The van der Waals surface area contributed by atoms with Gasteiger partial charge in [-0.05, 0) is 44.4 Å². The third-order valence-electron chi connectivity index (χ3n) is 5.32. The summed E-state index contributed by atoms with van der Waals surface area (Å²) >= 11 is 0. The average Bonchev–Trinajstić information content (AvgIpc) is 2.62. The van der Waals surface area contributed by atoms with Crippen molar-refractivity contribution in [2.75, 3.05) is 50.7 Å². The zero-order chi connectivity index (χ0) is 16.9. The lowest BCUT2D eigenvalue weighted by Crippen LogP contribution is -2.51. The van der Waals surface area contributed by atoms with Gasteiger partial charge in [0.15, 0.2) is 0 Å². The van der Waals surface area contributed by atoms with Crippen LogP contribution >= 0.6 is 0 Å². The second-order valence-corrected chi connectivity index (χ2v) is 6.99. The Morgan fingerprint density at radius 1 is 1.29 bits per heavy atom. The number of hydrogen-bond acceptors (Lipinski definition) is 5. The summed E-state index contributed by atoms with van der Waals surface area (Å²) in [6.45, 7) is 8.85. The molecule has 0 aromatic carbocycles. The maximum atomic E-state index is 11.2. The number of nitrogens with zero attached hydrogens (tertiary/aromatic N) is 4. The molecule has 0 radical (unpaired) electrons. The molecule has 1 aromatic rings. The Morgan fingerprint density at radius 3 is 2.75 bits per heavy atom. The summed E-state index contributed by atoms with van der Waals surface area (Å²) in [7, 11) is 0. The summed E-state index contributed by atoms with van der Waals surface area (Å²) in [4.78, 5) is 22.6. The number of rotatable bonds is 5. The number of aromatic nitrogens is 1. The lowest BCUT2D eigenvalue weighted by Gasteiger charge is -2.40. The fourth-order valence-electron chi connectivity index (χ4n) is 3.82. The molecule has 2 atom stereocenters. The van der Waals surface area contributed by atoms with Crippen LogP contribution in [0.3, 0.4) is 0 Å². The van der Waals surface area contributed by atoms with E-state index in [4.69, 9.17) is 0 Å². The third-order valence-corrected chi connectivity index (χ3v) is 5.32. The van der Waals surface area contributed by atoms with Gasteiger partial charge >= 0.3 is 5.97 Å². The standard InChI is InChI=1S/C18H28N4O2/c1-15(18(23)24)22-8-4-5-16(14-22)13-20-9-11-21(12-10-20)17-6-2-3-7-19-17/h2-3,6-7,15-16H,4-5,8-14H2,1H3,(H,23,24)/t15-,16+/m0/s1. The number of carboxylic acid groups (broad SMARTS) is 1. The number of aliphatic carboxylic acids is 1. The van der Waals surface area contributed by atoms with E-state index in [1.54, 1.807) is 6.92 Å². The summed E-state index contributed by atoms with van der Waals surface area (Å²) in [5.74, 6) is 0.942. The molecule has 2 saturated heterocycles. The minimum Gasteiger partial charge on any atom is -0.480 e. The minimum absolute atomic E-state index is 0.367. The Labute approximate surface area is 144 Å². The molecule has 3 heterocycles.